The number of esters is 2. The maximum Gasteiger partial charge on any atom is 0.430 e. The maximum atomic E-state index is 13.1. The van der Waals surface area contributed by atoms with Crippen molar-refractivity contribution in [1.29, 1.82) is 0 Å². The average molecular weight is 661 g/mol. The van der Waals surface area contributed by atoms with Crippen LogP contribution in [0.5, 0.6) is 17.2 Å². The second kappa shape index (κ2) is 16.2. The minimum Gasteiger partial charge on any atom is -0.508 e. The van der Waals surface area contributed by atoms with Crippen LogP contribution in [0.25, 0.3) is 0 Å². The molecule has 0 bridgehead atoms. The molecule has 3 aromatic carbocycles. The molecule has 0 fully saturated rings. The van der Waals surface area contributed by atoms with Gasteiger partial charge in [0.25, 0.3) is 5.60 Å². The van der Waals surface area contributed by atoms with Gasteiger partial charge in [-0.3, -0.25) is 9.59 Å². The molecule has 0 aliphatic carbocycles. The van der Waals surface area contributed by atoms with Crippen LogP contribution in [-0.4, -0.2) is 61.9 Å². The summed E-state index contributed by atoms with van der Waals surface area (Å²) in [7, 11) is 2.65. The highest BCUT2D eigenvalue weighted by Gasteiger charge is 2.71. The summed E-state index contributed by atoms with van der Waals surface area (Å²) in [6, 6.07) is 14.5. The zero-order valence-electron chi connectivity index (χ0n) is 25.4. The summed E-state index contributed by atoms with van der Waals surface area (Å²) in [5.41, 5.74) is -4.70. The zero-order chi connectivity index (χ0) is 34.7. The van der Waals surface area contributed by atoms with E-state index in [1.54, 1.807) is 36.4 Å². The monoisotopic (exact) mass is 660 g/mol. The summed E-state index contributed by atoms with van der Waals surface area (Å²) >= 11 is 0. The van der Waals surface area contributed by atoms with Crippen molar-refractivity contribution < 1.29 is 65.1 Å². The third-order valence-corrected chi connectivity index (χ3v) is 6.51. The van der Waals surface area contributed by atoms with E-state index in [1.807, 2.05) is 0 Å². The number of aromatic hydroxyl groups is 1. The fraction of sp³-hybridized carbons (Fsp3) is 0.375. The number of aryl methyl sites for hydroxylation is 2. The molecule has 14 heteroatoms. The highest BCUT2D eigenvalue weighted by atomic mass is 19.4. The van der Waals surface area contributed by atoms with Gasteiger partial charge in [-0.15, -0.1) is 0 Å². The molecule has 2 N–H and O–H groups in total. The summed E-state index contributed by atoms with van der Waals surface area (Å²) < 4.78 is 99.0. The van der Waals surface area contributed by atoms with Crippen molar-refractivity contribution in [1.82, 2.24) is 0 Å². The number of halogens is 6. The first-order valence-corrected chi connectivity index (χ1v) is 13.7. The highest BCUT2D eigenvalue weighted by molar-refractivity contribution is 5.72. The van der Waals surface area contributed by atoms with Gasteiger partial charge in [0.05, 0.1) is 40.3 Å². The zero-order valence-corrected chi connectivity index (χ0v) is 25.4. The number of ether oxygens (including phenoxy) is 4. The molecule has 0 atom stereocenters. The fourth-order valence-corrected chi connectivity index (χ4v) is 4.09. The molecule has 0 aromatic heterocycles. The number of carbonyl (C=O) groups is 2. The Hall–Kier alpha value is -4.46. The topological polar surface area (TPSA) is 112 Å². The van der Waals surface area contributed by atoms with E-state index in [1.165, 1.54) is 40.2 Å². The number of phenols is 1. The largest absolute Gasteiger partial charge is 0.508 e. The normalized spacial score (nSPS) is 11.6. The molecular weight excluding hydrogens is 626 g/mol. The first-order valence-electron chi connectivity index (χ1n) is 13.7. The predicted octanol–water partition coefficient (Wildman–Crippen LogP) is 6.29. The lowest BCUT2D eigenvalue weighted by molar-refractivity contribution is -0.376. The average Bonchev–Trinajstić information content (AvgIpc) is 2.98. The second-order valence-corrected chi connectivity index (χ2v) is 10.0. The van der Waals surface area contributed by atoms with Gasteiger partial charge in [-0.2, -0.15) is 26.3 Å². The number of rotatable bonds is 11. The summed E-state index contributed by atoms with van der Waals surface area (Å²) in [5, 5.41) is 18.5. The van der Waals surface area contributed by atoms with Gasteiger partial charge >= 0.3 is 24.3 Å². The van der Waals surface area contributed by atoms with Crippen molar-refractivity contribution in [2.45, 2.75) is 51.1 Å². The molecule has 8 nitrogen and oxygen atoms in total. The van der Waals surface area contributed by atoms with E-state index in [0.29, 0.717) is 24.3 Å². The number of methoxy groups -OCH3 is 2. The molecule has 0 aliphatic rings. The van der Waals surface area contributed by atoms with Crippen LogP contribution < -0.4 is 9.47 Å². The van der Waals surface area contributed by atoms with E-state index in [0.717, 1.165) is 11.1 Å². The first kappa shape index (κ1) is 37.7. The predicted molar refractivity (Wildman–Crippen MR) is 154 cm³/mol. The van der Waals surface area contributed by atoms with Crippen molar-refractivity contribution >= 4 is 11.9 Å². The van der Waals surface area contributed by atoms with Gasteiger partial charge in [-0.1, -0.05) is 24.3 Å². The van der Waals surface area contributed by atoms with Crippen molar-refractivity contribution in [3.8, 4) is 17.2 Å². The molecule has 46 heavy (non-hydrogen) atoms. The Bertz CT molecular complexity index is 1400. The number of hydrogen-bond acceptors (Lipinski definition) is 8. The Balaban J connectivity index is 0.000000512. The molecule has 252 valence electrons. The third-order valence-electron chi connectivity index (χ3n) is 6.51. The summed E-state index contributed by atoms with van der Waals surface area (Å²) in [4.78, 5) is 22.0. The lowest BCUT2D eigenvalue weighted by atomic mass is 9.89. The molecule has 3 rings (SSSR count). The van der Waals surface area contributed by atoms with E-state index in [9.17, 15) is 41.0 Å². The van der Waals surface area contributed by atoms with Crippen molar-refractivity contribution in [3.05, 3.63) is 88.5 Å². The van der Waals surface area contributed by atoms with Gasteiger partial charge in [0.1, 0.15) is 17.2 Å². The van der Waals surface area contributed by atoms with E-state index < -0.39 is 23.5 Å². The summed E-state index contributed by atoms with van der Waals surface area (Å²) in [6.07, 6.45) is -11.2. The minimum atomic E-state index is -5.96. The van der Waals surface area contributed by atoms with Gasteiger partial charge in [-0.05, 0) is 72.5 Å². The molecular formula is C32H34F6O8. The van der Waals surface area contributed by atoms with Crippen LogP contribution in [0.2, 0.25) is 0 Å². The van der Waals surface area contributed by atoms with Gasteiger partial charge in [0, 0.05) is 12.0 Å². The number of benzene rings is 3. The van der Waals surface area contributed by atoms with Crippen LogP contribution in [0.15, 0.2) is 60.7 Å². The van der Waals surface area contributed by atoms with Crippen LogP contribution in [0.4, 0.5) is 26.3 Å². The van der Waals surface area contributed by atoms with Gasteiger partial charge in [0.2, 0.25) is 0 Å². The Labute approximate surface area is 261 Å². The molecule has 0 heterocycles. The lowest BCUT2D eigenvalue weighted by Gasteiger charge is -2.33. The summed E-state index contributed by atoms with van der Waals surface area (Å²) in [6.45, 7) is 2.91. The van der Waals surface area contributed by atoms with E-state index in [-0.39, 0.29) is 60.6 Å². The molecule has 0 unspecified atom stereocenters. The lowest BCUT2D eigenvalue weighted by Crippen LogP contribution is -2.54. The van der Waals surface area contributed by atoms with E-state index >= 15 is 0 Å². The van der Waals surface area contributed by atoms with Crippen LogP contribution in [0, 0.1) is 13.8 Å². The van der Waals surface area contributed by atoms with Gasteiger partial charge in [0.15, 0.2) is 0 Å². The molecule has 0 amide bonds. The number of aliphatic hydroxyl groups is 1. The van der Waals surface area contributed by atoms with E-state index in [2.05, 4.69) is 9.47 Å². The minimum absolute atomic E-state index is 0.0176. The molecule has 0 aliphatic heterocycles. The number of carbonyl (C=O) groups excluding carboxylic acids is 2. The first-order chi connectivity index (χ1) is 21.4. The van der Waals surface area contributed by atoms with Crippen molar-refractivity contribution in [2.75, 3.05) is 27.4 Å². The SMILES string of the molecule is COC(=O)Cc1ccc(O)cc1.COC(=O)Cc1ccc(OCCCOc2c(C)cc(C(O)(C(F)(F)F)C(F)(F)F)cc2C)cc1. The Kier molecular flexibility index (Phi) is 13.3. The smallest absolute Gasteiger partial charge is 0.430 e. The Morgan fingerprint density at radius 1 is 0.696 bits per heavy atom. The van der Waals surface area contributed by atoms with Crippen LogP contribution >= 0.6 is 0 Å². The molecule has 0 saturated carbocycles. The molecule has 0 radical (unpaired) electrons. The Morgan fingerprint density at radius 2 is 1.11 bits per heavy atom. The van der Waals surface area contributed by atoms with Crippen molar-refractivity contribution in [3.63, 3.8) is 0 Å². The molecule has 0 spiro atoms. The van der Waals surface area contributed by atoms with Crippen molar-refractivity contribution in [2.24, 2.45) is 0 Å². The van der Waals surface area contributed by atoms with E-state index in [4.69, 9.17) is 14.6 Å². The molecule has 3 aromatic rings. The van der Waals surface area contributed by atoms with Crippen LogP contribution in [-0.2, 0) is 37.5 Å². The highest BCUT2D eigenvalue weighted by Crippen LogP contribution is 2.51. The summed E-state index contributed by atoms with van der Waals surface area (Å²) in [5.74, 6) is 0.224. The van der Waals surface area contributed by atoms with Crippen LogP contribution in [0.1, 0.15) is 34.2 Å². The standard InChI is InChI=1S/C23H24F6O5.C9H10O3/c1-14-11-17(21(31,22(24,25)26)23(27,28)29)12-15(2)20(14)34-10-4-9-33-18-7-5-16(6-8-18)13-19(30)32-3;1-12-9(11)6-7-2-4-8(10)5-3-7/h5-8,11-12,31H,4,9-10,13H2,1-3H3;2-5,10H,6H2,1H3. The molecule has 0 saturated heterocycles. The fourth-order valence-electron chi connectivity index (χ4n) is 4.09. The quantitative estimate of drug-likeness (QED) is 0.140. The van der Waals surface area contributed by atoms with Gasteiger partial charge in [-0.25, -0.2) is 0 Å². The maximum absolute atomic E-state index is 13.1. The van der Waals surface area contributed by atoms with Gasteiger partial charge < -0.3 is 29.2 Å². The Morgan fingerprint density at radius 3 is 1.52 bits per heavy atom. The number of phenolic OH excluding ortho intramolecular Hbond substituents is 1. The number of alkyl halides is 6. The van der Waals surface area contributed by atoms with Crippen LogP contribution in [0.3, 0.4) is 0 Å². The number of hydrogen-bond donors (Lipinski definition) is 2. The third kappa shape index (κ3) is 10.3. The second-order valence-electron chi connectivity index (χ2n) is 10.0.